The maximum absolute atomic E-state index is 5.68. The van der Waals surface area contributed by atoms with E-state index in [0.29, 0.717) is 36.3 Å². The molecule has 0 saturated carbocycles. The summed E-state index contributed by atoms with van der Waals surface area (Å²) in [5.74, 6) is 3.43. The van der Waals surface area contributed by atoms with Gasteiger partial charge in [-0.1, -0.05) is 30.3 Å². The maximum Gasteiger partial charge on any atom is 0.203 e. The molecule has 1 aliphatic heterocycles. The molecular weight excluding hydrogens is 493 g/mol. The molecule has 0 amide bonds. The van der Waals surface area contributed by atoms with Crippen molar-refractivity contribution < 1.29 is 14.2 Å². The van der Waals surface area contributed by atoms with Crippen LogP contribution in [0.1, 0.15) is 30.4 Å². The third kappa shape index (κ3) is 5.71. The number of rotatable bonds is 7. The predicted molar refractivity (Wildman–Crippen MR) is 132 cm³/mol. The van der Waals surface area contributed by atoms with Crippen LogP contribution >= 0.6 is 24.0 Å². The van der Waals surface area contributed by atoms with Crippen molar-refractivity contribution in [2.45, 2.75) is 25.8 Å². The molecule has 3 rings (SSSR count). The first-order valence-corrected chi connectivity index (χ1v) is 10.1. The van der Waals surface area contributed by atoms with Gasteiger partial charge in [0.05, 0.1) is 20.8 Å². The molecule has 1 atom stereocenters. The Labute approximate surface area is 196 Å². The van der Waals surface area contributed by atoms with E-state index in [9.17, 15) is 0 Å². The van der Waals surface area contributed by atoms with Gasteiger partial charge in [0.15, 0.2) is 17.5 Å². The van der Waals surface area contributed by atoms with E-state index < -0.39 is 0 Å². The molecule has 2 aromatic rings. The van der Waals surface area contributed by atoms with Gasteiger partial charge in [-0.15, -0.1) is 24.0 Å². The van der Waals surface area contributed by atoms with Crippen LogP contribution in [0.4, 0.5) is 0 Å². The normalized spacial score (nSPS) is 16.1. The van der Waals surface area contributed by atoms with Crippen LogP contribution in [0.15, 0.2) is 47.5 Å². The molecule has 7 heteroatoms. The molecule has 1 unspecified atom stereocenters. The zero-order valence-corrected chi connectivity index (χ0v) is 20.5. The van der Waals surface area contributed by atoms with Crippen molar-refractivity contribution in [2.75, 3.05) is 41.0 Å². The highest BCUT2D eigenvalue weighted by atomic mass is 127. The Morgan fingerprint density at radius 1 is 1.13 bits per heavy atom. The zero-order chi connectivity index (χ0) is 20.6. The van der Waals surface area contributed by atoms with Crippen LogP contribution in [0.2, 0.25) is 0 Å². The van der Waals surface area contributed by atoms with Gasteiger partial charge in [-0.25, -0.2) is 0 Å². The minimum Gasteiger partial charge on any atom is -0.493 e. The Bertz CT molecular complexity index is 805. The van der Waals surface area contributed by atoms with E-state index in [-0.39, 0.29) is 24.0 Å². The molecule has 1 heterocycles. The van der Waals surface area contributed by atoms with Gasteiger partial charge in [0.25, 0.3) is 0 Å². The second-order valence-corrected chi connectivity index (χ2v) is 7.01. The molecule has 1 N–H and O–H groups in total. The molecule has 6 nitrogen and oxygen atoms in total. The third-order valence-corrected chi connectivity index (χ3v) is 5.23. The number of ether oxygens (including phenoxy) is 3. The molecule has 0 bridgehead atoms. The number of methoxy groups -OCH3 is 2. The first kappa shape index (κ1) is 24.1. The SMILES string of the molecule is CCOc1c(OC)cc(CNC(=NC)N2CCC(c3ccccc3)C2)cc1OC.I. The lowest BCUT2D eigenvalue weighted by atomic mass is 9.99. The Hall–Kier alpha value is -2.16. The lowest BCUT2D eigenvalue weighted by Gasteiger charge is -2.22. The van der Waals surface area contributed by atoms with Gasteiger partial charge in [-0.05, 0) is 36.6 Å². The number of likely N-dealkylation sites (tertiary alicyclic amines) is 1. The van der Waals surface area contributed by atoms with Crippen LogP contribution in [0.25, 0.3) is 0 Å². The summed E-state index contributed by atoms with van der Waals surface area (Å²) < 4.78 is 16.7. The molecular formula is C23H32IN3O3. The molecule has 1 fully saturated rings. The molecule has 0 radical (unpaired) electrons. The highest BCUT2D eigenvalue weighted by Crippen LogP contribution is 2.38. The number of hydrogen-bond acceptors (Lipinski definition) is 4. The first-order valence-electron chi connectivity index (χ1n) is 10.1. The number of nitrogens with one attached hydrogen (secondary N) is 1. The fourth-order valence-electron chi connectivity index (χ4n) is 3.79. The van der Waals surface area contributed by atoms with Crippen LogP contribution in [0, 0.1) is 0 Å². The van der Waals surface area contributed by atoms with Gasteiger partial charge in [0, 0.05) is 32.6 Å². The van der Waals surface area contributed by atoms with Crippen molar-refractivity contribution in [1.29, 1.82) is 0 Å². The summed E-state index contributed by atoms with van der Waals surface area (Å²) in [6.07, 6.45) is 1.13. The zero-order valence-electron chi connectivity index (χ0n) is 18.2. The van der Waals surface area contributed by atoms with Gasteiger partial charge in [0.2, 0.25) is 5.75 Å². The van der Waals surface area contributed by atoms with Crippen molar-refractivity contribution in [3.63, 3.8) is 0 Å². The number of nitrogens with zero attached hydrogens (tertiary/aromatic N) is 2. The van der Waals surface area contributed by atoms with E-state index >= 15 is 0 Å². The Morgan fingerprint density at radius 3 is 2.37 bits per heavy atom. The van der Waals surface area contributed by atoms with E-state index in [1.165, 1.54) is 5.56 Å². The highest BCUT2D eigenvalue weighted by Gasteiger charge is 2.26. The summed E-state index contributed by atoms with van der Waals surface area (Å²) in [5.41, 5.74) is 2.44. The molecule has 1 saturated heterocycles. The standard InChI is InChI=1S/C23H31N3O3.HI/c1-5-29-22-20(27-3)13-17(14-21(22)28-4)15-25-23(24-2)26-12-11-19(16-26)18-9-7-6-8-10-18;/h6-10,13-14,19H,5,11-12,15-16H2,1-4H3,(H,24,25);1H. The van der Waals surface area contributed by atoms with E-state index in [1.807, 2.05) is 26.1 Å². The van der Waals surface area contributed by atoms with Gasteiger partial charge < -0.3 is 24.4 Å². The largest absolute Gasteiger partial charge is 0.493 e. The van der Waals surface area contributed by atoms with Gasteiger partial charge in [-0.3, -0.25) is 4.99 Å². The molecule has 0 aliphatic carbocycles. The topological polar surface area (TPSA) is 55.3 Å². The van der Waals surface area contributed by atoms with Gasteiger partial charge >= 0.3 is 0 Å². The van der Waals surface area contributed by atoms with Crippen molar-refractivity contribution in [2.24, 2.45) is 4.99 Å². The predicted octanol–water partition coefficient (Wildman–Crippen LogP) is 4.29. The minimum atomic E-state index is 0. The summed E-state index contributed by atoms with van der Waals surface area (Å²) in [6, 6.07) is 14.7. The minimum absolute atomic E-state index is 0. The summed E-state index contributed by atoms with van der Waals surface area (Å²) >= 11 is 0. The van der Waals surface area contributed by atoms with Gasteiger partial charge in [0.1, 0.15) is 0 Å². The highest BCUT2D eigenvalue weighted by molar-refractivity contribution is 14.0. The fourth-order valence-corrected chi connectivity index (χ4v) is 3.79. The molecule has 30 heavy (non-hydrogen) atoms. The summed E-state index contributed by atoms with van der Waals surface area (Å²) in [6.45, 7) is 5.08. The van der Waals surface area contributed by atoms with Crippen molar-refractivity contribution in [1.82, 2.24) is 10.2 Å². The van der Waals surface area contributed by atoms with Crippen molar-refractivity contribution in [3.05, 3.63) is 53.6 Å². The smallest absolute Gasteiger partial charge is 0.203 e. The number of halogens is 1. The van der Waals surface area contributed by atoms with Crippen molar-refractivity contribution >= 4 is 29.9 Å². The molecule has 2 aromatic carbocycles. The monoisotopic (exact) mass is 525 g/mol. The lowest BCUT2D eigenvalue weighted by Crippen LogP contribution is -2.39. The summed E-state index contributed by atoms with van der Waals surface area (Å²) in [5, 5.41) is 3.48. The average Bonchev–Trinajstić information content (AvgIpc) is 3.25. The van der Waals surface area contributed by atoms with Crippen LogP contribution in [0.3, 0.4) is 0 Å². The number of guanidine groups is 1. The first-order chi connectivity index (χ1) is 14.2. The quantitative estimate of drug-likeness (QED) is 0.332. The van der Waals surface area contributed by atoms with Gasteiger partial charge in [-0.2, -0.15) is 0 Å². The second kappa shape index (κ2) is 11.9. The molecule has 164 valence electrons. The summed E-state index contributed by atoms with van der Waals surface area (Å²) in [4.78, 5) is 6.81. The van der Waals surface area contributed by atoms with Crippen LogP contribution in [0.5, 0.6) is 17.2 Å². The van der Waals surface area contributed by atoms with Crippen LogP contribution in [-0.4, -0.2) is 51.8 Å². The van der Waals surface area contributed by atoms with E-state index in [0.717, 1.165) is 31.0 Å². The maximum atomic E-state index is 5.68. The number of hydrogen-bond donors (Lipinski definition) is 1. The Balaban J connectivity index is 0.00000320. The number of aliphatic imine (C=N–C) groups is 1. The van der Waals surface area contributed by atoms with Crippen molar-refractivity contribution in [3.8, 4) is 17.2 Å². The summed E-state index contributed by atoms with van der Waals surface area (Å²) in [7, 11) is 5.11. The third-order valence-electron chi connectivity index (χ3n) is 5.23. The van der Waals surface area contributed by atoms with E-state index in [4.69, 9.17) is 14.2 Å². The van der Waals surface area contributed by atoms with Crippen LogP contribution in [-0.2, 0) is 6.54 Å². The molecule has 1 aliphatic rings. The van der Waals surface area contributed by atoms with Crippen LogP contribution < -0.4 is 19.5 Å². The number of benzene rings is 2. The lowest BCUT2D eigenvalue weighted by molar-refractivity contribution is 0.288. The van der Waals surface area contributed by atoms with E-state index in [1.54, 1.807) is 14.2 Å². The average molecular weight is 525 g/mol. The Kier molecular flexibility index (Phi) is 9.55. The molecule has 0 spiro atoms. The van der Waals surface area contributed by atoms with E-state index in [2.05, 4.69) is 45.5 Å². The Morgan fingerprint density at radius 2 is 1.80 bits per heavy atom. The second-order valence-electron chi connectivity index (χ2n) is 7.01. The molecule has 0 aromatic heterocycles. The fraction of sp³-hybridized carbons (Fsp3) is 0.435.